The van der Waals surface area contributed by atoms with Gasteiger partial charge in [0.2, 0.25) is 5.96 Å². The van der Waals surface area contributed by atoms with E-state index in [0.717, 1.165) is 11.3 Å². The molecule has 0 aromatic heterocycles. The van der Waals surface area contributed by atoms with Gasteiger partial charge in [-0.1, -0.05) is 48.0 Å². The molecule has 2 rings (SSSR count). The maximum Gasteiger partial charge on any atom is 0.220 e. The van der Waals surface area contributed by atoms with E-state index in [2.05, 4.69) is 34.8 Å². The van der Waals surface area contributed by atoms with E-state index in [1.54, 1.807) is 0 Å². The van der Waals surface area contributed by atoms with Crippen LogP contribution < -0.4 is 10.8 Å². The van der Waals surface area contributed by atoms with E-state index in [4.69, 9.17) is 4.84 Å². The van der Waals surface area contributed by atoms with Gasteiger partial charge in [-0.2, -0.15) is 0 Å². The third-order valence-corrected chi connectivity index (χ3v) is 2.95. The molecule has 0 unspecified atom stereocenters. The molecule has 0 bridgehead atoms. The van der Waals surface area contributed by atoms with Gasteiger partial charge in [-0.05, 0) is 38.5 Å². The Kier molecular flexibility index (Phi) is 5.98. The van der Waals surface area contributed by atoms with Crippen LogP contribution in [0.15, 0.2) is 59.6 Å². The minimum Gasteiger partial charge on any atom is -0.325 e. The average Bonchev–Trinajstić information content (AvgIpc) is 2.50. The van der Waals surface area contributed by atoms with Crippen LogP contribution in [0.3, 0.4) is 0 Å². The first-order valence-corrected chi connectivity index (χ1v) is 7.46. The number of nitrogens with one attached hydrogen (secondary N) is 2. The largest absolute Gasteiger partial charge is 0.325 e. The Labute approximate surface area is 132 Å². The lowest BCUT2D eigenvalue weighted by Crippen LogP contribution is -2.31. The second-order valence-corrected chi connectivity index (χ2v) is 5.44. The molecule has 0 aliphatic heterocycles. The molecule has 22 heavy (non-hydrogen) atoms. The average molecular weight is 297 g/mol. The zero-order chi connectivity index (χ0) is 15.8. The van der Waals surface area contributed by atoms with Crippen molar-refractivity contribution in [3.8, 4) is 0 Å². The predicted molar refractivity (Wildman–Crippen MR) is 91.7 cm³/mol. The molecule has 0 heterocycles. The van der Waals surface area contributed by atoms with Crippen molar-refractivity contribution in [1.82, 2.24) is 5.48 Å². The van der Waals surface area contributed by atoms with Crippen LogP contribution in [0.2, 0.25) is 0 Å². The van der Waals surface area contributed by atoms with Gasteiger partial charge in [-0.15, -0.1) is 0 Å². The lowest BCUT2D eigenvalue weighted by Gasteiger charge is -2.14. The normalized spacial score (nSPS) is 11.5. The minimum absolute atomic E-state index is 0.167. The Bertz CT molecular complexity index is 591. The maximum absolute atomic E-state index is 5.54. The summed E-state index contributed by atoms with van der Waals surface area (Å²) >= 11 is 0. The van der Waals surface area contributed by atoms with Crippen LogP contribution in [0.1, 0.15) is 25.0 Å². The summed E-state index contributed by atoms with van der Waals surface area (Å²) in [4.78, 5) is 10.0. The molecule has 0 saturated heterocycles. The van der Waals surface area contributed by atoms with Crippen LogP contribution in [-0.2, 0) is 11.4 Å². The molecule has 2 aromatic rings. The van der Waals surface area contributed by atoms with E-state index in [-0.39, 0.29) is 6.04 Å². The Hall–Kier alpha value is -2.33. The number of hydroxylamine groups is 1. The highest BCUT2D eigenvalue weighted by Crippen LogP contribution is 2.08. The summed E-state index contributed by atoms with van der Waals surface area (Å²) in [7, 11) is 0. The number of nitrogens with zero attached hydrogens (tertiary/aromatic N) is 1. The first kappa shape index (κ1) is 16.0. The topological polar surface area (TPSA) is 45.7 Å². The number of anilines is 1. The van der Waals surface area contributed by atoms with Crippen molar-refractivity contribution in [3.05, 3.63) is 65.7 Å². The van der Waals surface area contributed by atoms with Crippen LogP contribution in [0, 0.1) is 6.92 Å². The molecule has 0 aliphatic rings. The molecule has 0 fully saturated rings. The summed E-state index contributed by atoms with van der Waals surface area (Å²) in [5.41, 5.74) is 6.20. The van der Waals surface area contributed by atoms with Crippen LogP contribution >= 0.6 is 0 Å². The van der Waals surface area contributed by atoms with Gasteiger partial charge in [0.1, 0.15) is 0 Å². The van der Waals surface area contributed by atoms with Crippen molar-refractivity contribution >= 4 is 11.6 Å². The third-order valence-electron chi connectivity index (χ3n) is 2.95. The molecule has 0 radical (unpaired) electrons. The van der Waals surface area contributed by atoms with Crippen LogP contribution in [0.4, 0.5) is 5.69 Å². The standard InChI is InChI=1S/C18H23N3O/c1-14(2)19-18(20-17-11-9-15(3)10-12-17)21-22-13-16-7-5-4-6-8-16/h4-12,14H,13H2,1-3H3,(H2,19,20,21). The molecule has 0 atom stereocenters. The fourth-order valence-corrected chi connectivity index (χ4v) is 1.88. The van der Waals surface area contributed by atoms with E-state index in [1.165, 1.54) is 5.56 Å². The van der Waals surface area contributed by atoms with E-state index >= 15 is 0 Å². The van der Waals surface area contributed by atoms with Gasteiger partial charge in [0.15, 0.2) is 0 Å². The zero-order valence-electron chi connectivity index (χ0n) is 13.3. The van der Waals surface area contributed by atoms with Crippen molar-refractivity contribution < 1.29 is 4.84 Å². The quantitative estimate of drug-likeness (QED) is 0.500. The predicted octanol–water partition coefficient (Wildman–Crippen LogP) is 3.89. The van der Waals surface area contributed by atoms with Crippen molar-refractivity contribution in [2.75, 3.05) is 5.32 Å². The lowest BCUT2D eigenvalue weighted by molar-refractivity contribution is 0.0708. The summed E-state index contributed by atoms with van der Waals surface area (Å²) in [5, 5.41) is 3.24. The number of hydrogen-bond donors (Lipinski definition) is 2. The molecule has 2 N–H and O–H groups in total. The summed E-state index contributed by atoms with van der Waals surface area (Å²) in [6, 6.07) is 18.3. The summed E-state index contributed by atoms with van der Waals surface area (Å²) in [5.74, 6) is 0.606. The second kappa shape index (κ2) is 8.20. The Balaban J connectivity index is 1.93. The van der Waals surface area contributed by atoms with Gasteiger partial charge < -0.3 is 5.32 Å². The fraction of sp³-hybridized carbons (Fsp3) is 0.278. The first-order valence-electron chi connectivity index (χ1n) is 7.46. The van der Waals surface area contributed by atoms with Crippen molar-refractivity contribution in [3.63, 3.8) is 0 Å². The number of benzene rings is 2. The van der Waals surface area contributed by atoms with Crippen LogP contribution in [0.5, 0.6) is 0 Å². The van der Waals surface area contributed by atoms with Crippen LogP contribution in [0.25, 0.3) is 0 Å². The Morgan fingerprint density at radius 2 is 1.73 bits per heavy atom. The maximum atomic E-state index is 5.54. The molecular weight excluding hydrogens is 274 g/mol. The number of hydrogen-bond acceptors (Lipinski definition) is 2. The SMILES string of the molecule is Cc1ccc(NC(=NC(C)C)NOCc2ccccc2)cc1. The van der Waals surface area contributed by atoms with E-state index in [1.807, 2.05) is 56.3 Å². The summed E-state index contributed by atoms with van der Waals surface area (Å²) < 4.78 is 0. The van der Waals surface area contributed by atoms with E-state index in [0.29, 0.717) is 12.6 Å². The van der Waals surface area contributed by atoms with Gasteiger partial charge in [-0.3, -0.25) is 4.84 Å². The lowest BCUT2D eigenvalue weighted by atomic mass is 10.2. The summed E-state index contributed by atoms with van der Waals surface area (Å²) in [6.07, 6.45) is 0. The van der Waals surface area contributed by atoms with E-state index < -0.39 is 0 Å². The number of guanidine groups is 1. The highest BCUT2D eigenvalue weighted by Gasteiger charge is 2.02. The van der Waals surface area contributed by atoms with Gasteiger partial charge in [0, 0.05) is 11.7 Å². The Morgan fingerprint density at radius 3 is 2.36 bits per heavy atom. The van der Waals surface area contributed by atoms with E-state index in [9.17, 15) is 0 Å². The van der Waals surface area contributed by atoms with Gasteiger partial charge in [0.25, 0.3) is 0 Å². The van der Waals surface area contributed by atoms with Crippen LogP contribution in [-0.4, -0.2) is 12.0 Å². The summed E-state index contributed by atoms with van der Waals surface area (Å²) in [6.45, 7) is 6.59. The number of aryl methyl sites for hydroxylation is 1. The highest BCUT2D eigenvalue weighted by molar-refractivity contribution is 5.93. The molecule has 0 spiro atoms. The first-order chi connectivity index (χ1) is 10.6. The molecule has 0 saturated carbocycles. The fourth-order valence-electron chi connectivity index (χ4n) is 1.88. The smallest absolute Gasteiger partial charge is 0.220 e. The molecule has 4 heteroatoms. The van der Waals surface area contributed by atoms with Crippen molar-refractivity contribution in [2.24, 2.45) is 4.99 Å². The van der Waals surface area contributed by atoms with Gasteiger partial charge >= 0.3 is 0 Å². The second-order valence-electron chi connectivity index (χ2n) is 5.44. The van der Waals surface area contributed by atoms with Gasteiger partial charge in [0.05, 0.1) is 6.61 Å². The third kappa shape index (κ3) is 5.58. The molecule has 4 nitrogen and oxygen atoms in total. The highest BCUT2D eigenvalue weighted by atomic mass is 16.6. The molecular formula is C18H23N3O. The number of rotatable bonds is 5. The zero-order valence-corrected chi connectivity index (χ0v) is 13.3. The van der Waals surface area contributed by atoms with Crippen molar-refractivity contribution in [2.45, 2.75) is 33.4 Å². The molecule has 116 valence electrons. The molecule has 2 aromatic carbocycles. The molecule has 0 amide bonds. The molecule has 0 aliphatic carbocycles. The van der Waals surface area contributed by atoms with Crippen molar-refractivity contribution in [1.29, 1.82) is 0 Å². The monoisotopic (exact) mass is 297 g/mol. The Morgan fingerprint density at radius 1 is 1.05 bits per heavy atom. The number of aliphatic imine (C=N–C) groups is 1. The van der Waals surface area contributed by atoms with Gasteiger partial charge in [-0.25, -0.2) is 10.5 Å². The minimum atomic E-state index is 0.167.